The average Bonchev–Trinajstić information content (AvgIpc) is 3.46. The molecule has 3 heterocycles. The summed E-state index contributed by atoms with van der Waals surface area (Å²) in [5.74, 6) is 0. The molecule has 3 fully saturated rings. The molecule has 248 valence electrons. The molecule has 3 aromatic carbocycles. The first-order valence-corrected chi connectivity index (χ1v) is 16.8. The molecule has 3 aromatic rings. The van der Waals surface area contributed by atoms with Gasteiger partial charge in [0.2, 0.25) is 0 Å². The monoisotopic (exact) mass is 637 g/mol. The zero-order valence-electron chi connectivity index (χ0n) is 30.2. The van der Waals surface area contributed by atoms with Crippen LogP contribution < -0.4 is 22.1 Å². The summed E-state index contributed by atoms with van der Waals surface area (Å²) in [5.41, 5.74) is 9.66. The summed E-state index contributed by atoms with van der Waals surface area (Å²) in [5, 5.41) is 0. The zero-order valence-corrected chi connectivity index (χ0v) is 30.2. The molecular formula is C37H50B3NO6. The van der Waals surface area contributed by atoms with Crippen molar-refractivity contribution in [2.45, 2.75) is 122 Å². The third kappa shape index (κ3) is 5.74. The largest absolute Gasteiger partial charge is 0.494 e. The molecule has 3 saturated heterocycles. The topological polar surface area (TPSA) is 81.4 Å². The third-order valence-corrected chi connectivity index (χ3v) is 11.7. The second-order valence-corrected chi connectivity index (χ2v) is 16.4. The summed E-state index contributed by atoms with van der Waals surface area (Å²) in [6.07, 6.45) is 0. The van der Waals surface area contributed by atoms with Gasteiger partial charge in [0.05, 0.1) is 39.1 Å². The number of rotatable bonds is 6. The first kappa shape index (κ1) is 34.4. The van der Waals surface area contributed by atoms with E-state index in [2.05, 4.69) is 156 Å². The minimum absolute atomic E-state index is 0.425. The molecule has 0 unspecified atom stereocenters. The third-order valence-electron chi connectivity index (χ3n) is 11.7. The zero-order chi connectivity index (χ0) is 34.4. The Bertz CT molecular complexity index is 1380. The molecule has 0 radical (unpaired) electrons. The minimum atomic E-state index is -0.975. The Morgan fingerprint density at radius 3 is 0.702 bits per heavy atom. The number of hydrogen-bond donors (Lipinski definition) is 1. The number of hydrogen-bond acceptors (Lipinski definition) is 7. The van der Waals surface area contributed by atoms with Gasteiger partial charge in [0, 0.05) is 0 Å². The highest BCUT2D eigenvalue weighted by molar-refractivity contribution is 6.63. The van der Waals surface area contributed by atoms with Crippen molar-refractivity contribution in [1.29, 1.82) is 0 Å². The summed E-state index contributed by atoms with van der Waals surface area (Å²) < 4.78 is 38.0. The van der Waals surface area contributed by atoms with Gasteiger partial charge in [0.1, 0.15) is 0 Å². The van der Waals surface area contributed by atoms with Gasteiger partial charge in [-0.25, -0.2) is 0 Å². The molecule has 0 saturated carbocycles. The van der Waals surface area contributed by atoms with Gasteiger partial charge < -0.3 is 33.7 Å². The molecule has 10 heteroatoms. The van der Waals surface area contributed by atoms with E-state index in [1.54, 1.807) is 0 Å². The van der Waals surface area contributed by atoms with E-state index in [0.717, 1.165) is 33.1 Å². The second kappa shape index (κ2) is 11.0. The lowest BCUT2D eigenvalue weighted by molar-refractivity contribution is 0.00578. The van der Waals surface area contributed by atoms with Crippen molar-refractivity contribution in [2.75, 3.05) is 0 Å². The van der Waals surface area contributed by atoms with E-state index >= 15 is 0 Å². The number of benzene rings is 3. The number of nitrogens with two attached hydrogens (primary N) is 1. The molecular weight excluding hydrogens is 587 g/mol. The van der Waals surface area contributed by atoms with Crippen LogP contribution in [0.4, 0.5) is 0 Å². The summed E-state index contributed by atoms with van der Waals surface area (Å²) in [7, 11) is -1.38. The van der Waals surface area contributed by atoms with Crippen molar-refractivity contribution in [1.82, 2.24) is 0 Å². The average molecular weight is 637 g/mol. The first-order chi connectivity index (χ1) is 21.6. The van der Waals surface area contributed by atoms with Crippen LogP contribution in [-0.4, -0.2) is 55.0 Å². The fourth-order valence-corrected chi connectivity index (χ4v) is 6.15. The van der Waals surface area contributed by atoms with Gasteiger partial charge in [-0.1, -0.05) is 72.8 Å². The molecule has 0 spiro atoms. The van der Waals surface area contributed by atoms with Gasteiger partial charge in [0.25, 0.3) is 0 Å². The van der Waals surface area contributed by atoms with Crippen LogP contribution >= 0.6 is 0 Å². The van der Waals surface area contributed by atoms with Crippen molar-refractivity contribution in [2.24, 2.45) is 5.73 Å². The molecule has 0 bridgehead atoms. The van der Waals surface area contributed by atoms with Crippen molar-refractivity contribution in [3.05, 3.63) is 89.5 Å². The van der Waals surface area contributed by atoms with Crippen LogP contribution in [0.15, 0.2) is 72.8 Å². The Morgan fingerprint density at radius 1 is 0.362 bits per heavy atom. The highest BCUT2D eigenvalue weighted by Crippen LogP contribution is 2.40. The molecule has 2 N–H and O–H groups in total. The van der Waals surface area contributed by atoms with E-state index in [0.29, 0.717) is 0 Å². The molecule has 0 atom stereocenters. The van der Waals surface area contributed by atoms with Crippen LogP contribution in [0.1, 0.15) is 99.8 Å². The highest BCUT2D eigenvalue weighted by atomic mass is 16.7. The van der Waals surface area contributed by atoms with Crippen LogP contribution in [0.25, 0.3) is 0 Å². The molecule has 7 nitrogen and oxygen atoms in total. The van der Waals surface area contributed by atoms with Gasteiger partial charge in [-0.15, -0.1) is 0 Å². The van der Waals surface area contributed by atoms with E-state index in [1.807, 2.05) is 0 Å². The normalized spacial score (nSPS) is 23.8. The van der Waals surface area contributed by atoms with Gasteiger partial charge >= 0.3 is 21.4 Å². The SMILES string of the molecule is CC1(C)OB(c2ccc(C(N)(c3ccc(B4OC(C)(C)C(C)(C)O4)cc3)c3ccc(B4OC(C)(C)C(C)(C)O4)cc3)cc2)OC1(C)C. The fraction of sp³-hybridized carbons (Fsp3) is 0.514. The quantitative estimate of drug-likeness (QED) is 0.307. The van der Waals surface area contributed by atoms with Gasteiger partial charge in [-0.2, -0.15) is 0 Å². The maximum atomic E-state index is 7.54. The second-order valence-electron chi connectivity index (χ2n) is 16.4. The molecule has 0 aliphatic carbocycles. The minimum Gasteiger partial charge on any atom is -0.399 e. The molecule has 0 aromatic heterocycles. The Labute approximate surface area is 282 Å². The summed E-state index contributed by atoms with van der Waals surface area (Å²) in [4.78, 5) is 0. The van der Waals surface area contributed by atoms with Crippen LogP contribution in [0.5, 0.6) is 0 Å². The summed E-state index contributed by atoms with van der Waals surface area (Å²) >= 11 is 0. The lowest BCUT2D eigenvalue weighted by Crippen LogP contribution is -2.42. The van der Waals surface area contributed by atoms with Gasteiger partial charge in [-0.3, -0.25) is 0 Å². The maximum absolute atomic E-state index is 7.54. The standard InChI is InChI=1S/C37H50B3NO6/c1-31(2)32(3,4)43-38(42-31)28-19-13-25(14-20-28)37(41,26-15-21-29(22-16-26)39-44-33(5,6)34(7,8)45-39)27-17-23-30(24-18-27)40-46-35(9,10)36(11,12)47-40/h13-24H,41H2,1-12H3. The van der Waals surface area contributed by atoms with Crippen molar-refractivity contribution in [3.8, 4) is 0 Å². The smallest absolute Gasteiger partial charge is 0.399 e. The van der Waals surface area contributed by atoms with Crippen molar-refractivity contribution < 1.29 is 27.9 Å². The molecule has 3 aliphatic rings. The maximum Gasteiger partial charge on any atom is 0.494 e. The highest BCUT2D eigenvalue weighted by Gasteiger charge is 2.54. The Hall–Kier alpha value is -2.43. The van der Waals surface area contributed by atoms with Crippen molar-refractivity contribution in [3.63, 3.8) is 0 Å². The van der Waals surface area contributed by atoms with Crippen LogP contribution in [0.2, 0.25) is 0 Å². The summed E-state index contributed by atoms with van der Waals surface area (Å²) in [6.45, 7) is 24.7. The molecule has 0 amide bonds. The Morgan fingerprint density at radius 2 is 0.532 bits per heavy atom. The van der Waals surface area contributed by atoms with E-state index in [1.165, 1.54) is 0 Å². The molecule has 3 aliphatic heterocycles. The summed E-state index contributed by atoms with van der Waals surface area (Å²) in [6, 6.07) is 24.8. The Balaban J connectivity index is 1.35. The fourth-order valence-electron chi connectivity index (χ4n) is 6.15. The predicted octanol–water partition coefficient (Wildman–Crippen LogP) is 4.83. The van der Waals surface area contributed by atoms with Crippen molar-refractivity contribution >= 4 is 37.7 Å². The van der Waals surface area contributed by atoms with Gasteiger partial charge in [-0.05, 0) is 116 Å². The predicted molar refractivity (Wildman–Crippen MR) is 191 cm³/mol. The van der Waals surface area contributed by atoms with Crippen LogP contribution in [-0.2, 0) is 33.5 Å². The first-order valence-electron chi connectivity index (χ1n) is 16.8. The van der Waals surface area contributed by atoms with E-state index < -0.39 is 60.5 Å². The lowest BCUT2D eigenvalue weighted by atomic mass is 9.72. The van der Waals surface area contributed by atoms with Crippen LogP contribution in [0.3, 0.4) is 0 Å². The van der Waals surface area contributed by atoms with E-state index in [9.17, 15) is 0 Å². The lowest BCUT2D eigenvalue weighted by Gasteiger charge is -2.32. The Kier molecular flexibility index (Phi) is 8.09. The van der Waals surface area contributed by atoms with E-state index in [4.69, 9.17) is 33.7 Å². The molecule has 6 rings (SSSR count). The van der Waals surface area contributed by atoms with E-state index in [-0.39, 0.29) is 0 Å². The van der Waals surface area contributed by atoms with Gasteiger partial charge in [0.15, 0.2) is 0 Å². The molecule has 47 heavy (non-hydrogen) atoms. The van der Waals surface area contributed by atoms with Crippen LogP contribution in [0, 0.1) is 0 Å².